The van der Waals surface area contributed by atoms with Crippen molar-refractivity contribution in [3.8, 4) is 0 Å². The molecule has 0 fully saturated rings. The third-order valence-corrected chi connectivity index (χ3v) is 5.68. The van der Waals surface area contributed by atoms with Gasteiger partial charge in [-0.15, -0.1) is 0 Å². The first-order chi connectivity index (χ1) is 13.3. The molecule has 0 unspecified atom stereocenters. The number of carbonyl (C=O) groups is 1. The Morgan fingerprint density at radius 1 is 0.929 bits per heavy atom. The molecule has 0 saturated carbocycles. The lowest BCUT2D eigenvalue weighted by Crippen LogP contribution is -2.26. The van der Waals surface area contributed by atoms with Gasteiger partial charge in [0, 0.05) is 24.8 Å². The molecule has 28 heavy (non-hydrogen) atoms. The molecule has 0 bridgehead atoms. The lowest BCUT2D eigenvalue weighted by molar-refractivity contribution is 0.0785. The first-order valence-electron chi connectivity index (χ1n) is 8.84. The van der Waals surface area contributed by atoms with Gasteiger partial charge in [0.1, 0.15) is 0 Å². The average molecular weight is 394 g/mol. The van der Waals surface area contributed by atoms with Crippen molar-refractivity contribution in [3.63, 3.8) is 0 Å². The smallest absolute Gasteiger partial charge is 0.261 e. The van der Waals surface area contributed by atoms with E-state index in [4.69, 9.17) is 0 Å². The minimum absolute atomic E-state index is 0.126. The van der Waals surface area contributed by atoms with E-state index < -0.39 is 10.0 Å². The van der Waals surface area contributed by atoms with Gasteiger partial charge in [-0.05, 0) is 48.9 Å². The first kappa shape index (κ1) is 19.6. The summed E-state index contributed by atoms with van der Waals surface area (Å²) < 4.78 is 27.3. The highest BCUT2D eigenvalue weighted by Crippen LogP contribution is 2.17. The summed E-state index contributed by atoms with van der Waals surface area (Å²) in [4.78, 5) is 14.5. The van der Waals surface area contributed by atoms with Gasteiger partial charge in [-0.25, -0.2) is 8.42 Å². The predicted octanol–water partition coefficient (Wildman–Crippen LogP) is 4.07. The quantitative estimate of drug-likeness (QED) is 0.685. The van der Waals surface area contributed by atoms with Gasteiger partial charge in [-0.2, -0.15) is 0 Å². The number of rotatable bonds is 6. The Hall–Kier alpha value is -3.12. The fraction of sp³-hybridized carbons (Fsp3) is 0.136. The molecule has 0 radical (unpaired) electrons. The number of nitrogens with zero attached hydrogens (tertiary/aromatic N) is 1. The molecule has 0 aliphatic rings. The standard InChI is InChI=1S/C22H22N2O3S/c1-17-7-6-8-18(15-17)16-24(2)22(25)19-11-13-20(14-12-19)23-28(26,27)21-9-4-3-5-10-21/h3-15,23H,16H2,1-2H3. The van der Waals surface area contributed by atoms with Crippen LogP contribution in [0.3, 0.4) is 0 Å². The van der Waals surface area contributed by atoms with Crippen molar-refractivity contribution in [2.75, 3.05) is 11.8 Å². The molecule has 1 amide bonds. The molecule has 0 aliphatic heterocycles. The fourth-order valence-electron chi connectivity index (χ4n) is 2.87. The van der Waals surface area contributed by atoms with E-state index in [1.54, 1.807) is 54.4 Å². The van der Waals surface area contributed by atoms with Crippen LogP contribution in [0.1, 0.15) is 21.5 Å². The molecule has 0 aromatic heterocycles. The summed E-state index contributed by atoms with van der Waals surface area (Å²) in [6, 6.07) is 22.6. The van der Waals surface area contributed by atoms with Crippen molar-refractivity contribution in [1.82, 2.24) is 4.90 Å². The van der Waals surface area contributed by atoms with Crippen molar-refractivity contribution < 1.29 is 13.2 Å². The summed E-state index contributed by atoms with van der Waals surface area (Å²) in [5.74, 6) is -0.126. The van der Waals surface area contributed by atoms with E-state index in [1.165, 1.54) is 12.1 Å². The second-order valence-electron chi connectivity index (χ2n) is 6.65. The zero-order chi connectivity index (χ0) is 20.1. The van der Waals surface area contributed by atoms with E-state index in [9.17, 15) is 13.2 Å². The maximum Gasteiger partial charge on any atom is 0.261 e. The van der Waals surface area contributed by atoms with Gasteiger partial charge < -0.3 is 4.90 Å². The van der Waals surface area contributed by atoms with Crippen molar-refractivity contribution in [3.05, 3.63) is 95.6 Å². The molecule has 0 heterocycles. The Labute approximate surface area is 165 Å². The fourth-order valence-corrected chi connectivity index (χ4v) is 3.95. The van der Waals surface area contributed by atoms with Gasteiger partial charge in [0.15, 0.2) is 0 Å². The zero-order valence-corrected chi connectivity index (χ0v) is 16.6. The van der Waals surface area contributed by atoms with Gasteiger partial charge >= 0.3 is 0 Å². The van der Waals surface area contributed by atoms with E-state index in [0.717, 1.165) is 11.1 Å². The summed E-state index contributed by atoms with van der Waals surface area (Å²) >= 11 is 0. The third kappa shape index (κ3) is 4.78. The van der Waals surface area contributed by atoms with E-state index in [2.05, 4.69) is 4.72 Å². The van der Waals surface area contributed by atoms with E-state index >= 15 is 0 Å². The number of hydrogen-bond donors (Lipinski definition) is 1. The molecule has 1 N–H and O–H groups in total. The molecular formula is C22H22N2O3S. The van der Waals surface area contributed by atoms with Gasteiger partial charge in [0.2, 0.25) is 0 Å². The normalized spacial score (nSPS) is 11.1. The average Bonchev–Trinajstić information content (AvgIpc) is 2.68. The molecule has 144 valence electrons. The van der Waals surface area contributed by atoms with Crippen LogP contribution in [-0.4, -0.2) is 26.3 Å². The Morgan fingerprint density at radius 3 is 2.25 bits per heavy atom. The molecular weight excluding hydrogens is 372 g/mol. The van der Waals surface area contributed by atoms with E-state index in [-0.39, 0.29) is 10.8 Å². The number of sulfonamides is 1. The van der Waals surface area contributed by atoms with Crippen LogP contribution in [0.4, 0.5) is 5.69 Å². The number of anilines is 1. The highest BCUT2D eigenvalue weighted by Gasteiger charge is 2.15. The summed E-state index contributed by atoms with van der Waals surface area (Å²) in [6.45, 7) is 2.52. The number of nitrogens with one attached hydrogen (secondary N) is 1. The van der Waals surface area contributed by atoms with Crippen molar-refractivity contribution in [1.29, 1.82) is 0 Å². The Morgan fingerprint density at radius 2 is 1.61 bits per heavy atom. The minimum Gasteiger partial charge on any atom is -0.337 e. The van der Waals surface area contributed by atoms with Crippen LogP contribution in [0.25, 0.3) is 0 Å². The monoisotopic (exact) mass is 394 g/mol. The number of carbonyl (C=O) groups excluding carboxylic acids is 1. The molecule has 3 rings (SSSR count). The van der Waals surface area contributed by atoms with Gasteiger partial charge in [-0.1, -0.05) is 48.0 Å². The molecule has 5 nitrogen and oxygen atoms in total. The molecule has 3 aromatic carbocycles. The van der Waals surface area contributed by atoms with Crippen LogP contribution >= 0.6 is 0 Å². The topological polar surface area (TPSA) is 66.5 Å². The number of benzene rings is 3. The highest BCUT2D eigenvalue weighted by atomic mass is 32.2. The molecule has 0 saturated heterocycles. The maximum atomic E-state index is 12.6. The van der Waals surface area contributed by atoms with Crippen LogP contribution < -0.4 is 4.72 Å². The predicted molar refractivity (Wildman–Crippen MR) is 111 cm³/mol. The lowest BCUT2D eigenvalue weighted by Gasteiger charge is -2.18. The van der Waals surface area contributed by atoms with Gasteiger partial charge in [0.25, 0.3) is 15.9 Å². The van der Waals surface area contributed by atoms with Crippen LogP contribution in [0, 0.1) is 6.92 Å². The summed E-state index contributed by atoms with van der Waals surface area (Å²) in [5.41, 5.74) is 3.11. The Balaban J connectivity index is 1.69. The van der Waals surface area contributed by atoms with Crippen LogP contribution in [0.15, 0.2) is 83.8 Å². The maximum absolute atomic E-state index is 12.6. The zero-order valence-electron chi connectivity index (χ0n) is 15.8. The van der Waals surface area contributed by atoms with Crippen LogP contribution in [-0.2, 0) is 16.6 Å². The van der Waals surface area contributed by atoms with Crippen molar-refractivity contribution in [2.45, 2.75) is 18.4 Å². The largest absolute Gasteiger partial charge is 0.337 e. The van der Waals surface area contributed by atoms with Gasteiger partial charge in [0.05, 0.1) is 4.90 Å². The lowest BCUT2D eigenvalue weighted by atomic mass is 10.1. The SMILES string of the molecule is Cc1cccc(CN(C)C(=O)c2ccc(NS(=O)(=O)c3ccccc3)cc2)c1. The highest BCUT2D eigenvalue weighted by molar-refractivity contribution is 7.92. The van der Waals surface area contributed by atoms with Gasteiger partial charge in [-0.3, -0.25) is 9.52 Å². The summed E-state index contributed by atoms with van der Waals surface area (Å²) in [7, 11) is -1.91. The summed E-state index contributed by atoms with van der Waals surface area (Å²) in [5, 5.41) is 0. The minimum atomic E-state index is -3.65. The molecule has 3 aromatic rings. The molecule has 0 atom stereocenters. The number of amides is 1. The van der Waals surface area contributed by atoms with Crippen LogP contribution in [0.5, 0.6) is 0 Å². The second kappa shape index (κ2) is 8.27. The first-order valence-corrected chi connectivity index (χ1v) is 10.3. The number of hydrogen-bond acceptors (Lipinski definition) is 3. The molecule has 0 spiro atoms. The third-order valence-electron chi connectivity index (χ3n) is 4.29. The second-order valence-corrected chi connectivity index (χ2v) is 8.33. The number of aryl methyl sites for hydroxylation is 1. The van der Waals surface area contributed by atoms with E-state index in [0.29, 0.717) is 17.8 Å². The Bertz CT molecular complexity index is 1060. The Kier molecular flexibility index (Phi) is 5.80. The van der Waals surface area contributed by atoms with Crippen LogP contribution in [0.2, 0.25) is 0 Å². The molecule has 6 heteroatoms. The molecule has 0 aliphatic carbocycles. The summed E-state index contributed by atoms with van der Waals surface area (Å²) in [6.07, 6.45) is 0. The van der Waals surface area contributed by atoms with E-state index in [1.807, 2.05) is 31.2 Å². The van der Waals surface area contributed by atoms with Crippen molar-refractivity contribution >= 4 is 21.6 Å². The van der Waals surface area contributed by atoms with Crippen molar-refractivity contribution in [2.24, 2.45) is 0 Å².